The third-order valence-electron chi connectivity index (χ3n) is 2.78. The number of hydrogen-bond acceptors (Lipinski definition) is 3. The second-order valence-corrected chi connectivity index (χ2v) is 4.32. The summed E-state index contributed by atoms with van der Waals surface area (Å²) >= 11 is 0. The summed E-state index contributed by atoms with van der Waals surface area (Å²) in [4.78, 5) is 16.1. The van der Waals surface area contributed by atoms with E-state index in [-0.39, 0.29) is 17.9 Å². The lowest BCUT2D eigenvalue weighted by Crippen LogP contribution is -2.32. The highest BCUT2D eigenvalue weighted by atomic mass is 16.1. The molecule has 0 radical (unpaired) electrons. The molecule has 2 atom stereocenters. The molecule has 0 aromatic carbocycles. The Morgan fingerprint density at radius 2 is 2.24 bits per heavy atom. The van der Waals surface area contributed by atoms with Crippen molar-refractivity contribution in [2.45, 2.75) is 32.7 Å². The molecule has 0 spiro atoms. The Balaban J connectivity index is 2.46. The lowest BCUT2D eigenvalue weighted by Gasteiger charge is -2.16. The molecule has 4 heteroatoms. The van der Waals surface area contributed by atoms with Crippen molar-refractivity contribution >= 4 is 5.91 Å². The molecule has 94 valence electrons. The summed E-state index contributed by atoms with van der Waals surface area (Å²) in [6.07, 6.45) is 3.44. The minimum absolute atomic E-state index is 0.00436. The zero-order valence-electron chi connectivity index (χ0n) is 10.5. The number of aromatic nitrogens is 1. The highest BCUT2D eigenvalue weighted by molar-refractivity contribution is 5.78. The van der Waals surface area contributed by atoms with Crippen LogP contribution in [0.3, 0.4) is 0 Å². The zero-order chi connectivity index (χ0) is 12.7. The highest BCUT2D eigenvalue weighted by Gasteiger charge is 2.15. The van der Waals surface area contributed by atoms with Crippen LogP contribution in [0.1, 0.15) is 38.4 Å². The summed E-state index contributed by atoms with van der Waals surface area (Å²) in [6, 6.07) is 5.64. The van der Waals surface area contributed by atoms with Gasteiger partial charge in [-0.25, -0.2) is 0 Å². The normalized spacial score (nSPS) is 14.1. The molecule has 0 aliphatic heterocycles. The van der Waals surface area contributed by atoms with Gasteiger partial charge >= 0.3 is 0 Å². The van der Waals surface area contributed by atoms with Gasteiger partial charge in [0, 0.05) is 12.1 Å². The molecule has 0 fully saturated rings. The minimum Gasteiger partial charge on any atom is -0.348 e. The average Bonchev–Trinajstić information content (AvgIpc) is 2.36. The van der Waals surface area contributed by atoms with E-state index in [9.17, 15) is 4.79 Å². The molecular weight excluding hydrogens is 214 g/mol. The molecule has 0 bridgehead atoms. The summed E-state index contributed by atoms with van der Waals surface area (Å²) in [5.41, 5.74) is 6.31. The molecule has 1 aromatic heterocycles. The highest BCUT2D eigenvalue weighted by Crippen LogP contribution is 2.11. The first-order valence-corrected chi connectivity index (χ1v) is 6.06. The number of nitrogens with zero attached hydrogens (tertiary/aromatic N) is 1. The molecule has 0 aliphatic carbocycles. The van der Waals surface area contributed by atoms with Crippen LogP contribution in [0, 0.1) is 5.92 Å². The first-order chi connectivity index (χ1) is 8.15. The molecular formula is C13H21N3O. The van der Waals surface area contributed by atoms with Crippen LogP contribution in [0.5, 0.6) is 0 Å². The molecule has 1 aromatic rings. The van der Waals surface area contributed by atoms with E-state index in [0.717, 1.165) is 18.5 Å². The van der Waals surface area contributed by atoms with Crippen molar-refractivity contribution in [3.8, 4) is 0 Å². The standard InChI is InChI=1S/C13H21N3O/c1-10(6-5-8-14)13(17)16-11(2)12-7-3-4-9-15-12/h3-4,7,9-11H,5-6,8,14H2,1-2H3,(H,16,17). The van der Waals surface area contributed by atoms with Crippen LogP contribution in [0.25, 0.3) is 0 Å². The van der Waals surface area contributed by atoms with Gasteiger partial charge in [-0.1, -0.05) is 13.0 Å². The maximum Gasteiger partial charge on any atom is 0.223 e. The minimum atomic E-state index is -0.0518. The molecule has 0 saturated heterocycles. The SMILES string of the molecule is CC(CCCN)C(=O)NC(C)c1ccccn1. The predicted octanol–water partition coefficient (Wildman–Crippen LogP) is 1.63. The van der Waals surface area contributed by atoms with Gasteiger partial charge in [-0.15, -0.1) is 0 Å². The van der Waals surface area contributed by atoms with Gasteiger partial charge in [-0.2, -0.15) is 0 Å². The summed E-state index contributed by atoms with van der Waals surface area (Å²) in [7, 11) is 0. The second-order valence-electron chi connectivity index (χ2n) is 4.32. The molecule has 1 amide bonds. The number of carbonyl (C=O) groups excluding carboxylic acids is 1. The third-order valence-corrected chi connectivity index (χ3v) is 2.78. The van der Waals surface area contributed by atoms with Gasteiger partial charge in [0.05, 0.1) is 11.7 Å². The van der Waals surface area contributed by atoms with Crippen LogP contribution >= 0.6 is 0 Å². The number of amides is 1. The van der Waals surface area contributed by atoms with Crippen LogP contribution in [-0.4, -0.2) is 17.4 Å². The Bertz CT molecular complexity index is 340. The van der Waals surface area contributed by atoms with Gasteiger partial charge in [-0.05, 0) is 38.4 Å². The zero-order valence-corrected chi connectivity index (χ0v) is 10.5. The topological polar surface area (TPSA) is 68.0 Å². The summed E-state index contributed by atoms with van der Waals surface area (Å²) in [5.74, 6) is 0.0707. The number of rotatable bonds is 6. The van der Waals surface area contributed by atoms with Crippen LogP contribution in [0.15, 0.2) is 24.4 Å². The van der Waals surface area contributed by atoms with Gasteiger partial charge in [0.2, 0.25) is 5.91 Å². The lowest BCUT2D eigenvalue weighted by molar-refractivity contribution is -0.125. The molecule has 1 rings (SSSR count). The predicted molar refractivity (Wildman–Crippen MR) is 68.2 cm³/mol. The van der Waals surface area contributed by atoms with Crippen molar-refractivity contribution in [1.29, 1.82) is 0 Å². The number of carbonyl (C=O) groups is 1. The lowest BCUT2D eigenvalue weighted by atomic mass is 10.0. The monoisotopic (exact) mass is 235 g/mol. The molecule has 4 nitrogen and oxygen atoms in total. The third kappa shape index (κ3) is 4.53. The van der Waals surface area contributed by atoms with E-state index >= 15 is 0 Å². The first-order valence-electron chi connectivity index (χ1n) is 6.06. The smallest absolute Gasteiger partial charge is 0.223 e. The van der Waals surface area contributed by atoms with Crippen molar-refractivity contribution in [1.82, 2.24) is 10.3 Å². The van der Waals surface area contributed by atoms with E-state index in [1.165, 1.54) is 0 Å². The molecule has 3 N–H and O–H groups in total. The number of hydrogen-bond donors (Lipinski definition) is 2. The fraction of sp³-hybridized carbons (Fsp3) is 0.538. The Morgan fingerprint density at radius 1 is 1.47 bits per heavy atom. The van der Waals surface area contributed by atoms with Crippen molar-refractivity contribution in [3.63, 3.8) is 0 Å². The fourth-order valence-electron chi connectivity index (χ4n) is 1.62. The van der Waals surface area contributed by atoms with E-state index < -0.39 is 0 Å². The molecule has 1 heterocycles. The van der Waals surface area contributed by atoms with E-state index in [0.29, 0.717) is 6.54 Å². The van der Waals surface area contributed by atoms with Gasteiger partial charge in [-0.3, -0.25) is 9.78 Å². The van der Waals surface area contributed by atoms with Crippen LogP contribution in [0.4, 0.5) is 0 Å². The Hall–Kier alpha value is -1.42. The summed E-state index contributed by atoms with van der Waals surface area (Å²) in [5, 5.41) is 2.96. The van der Waals surface area contributed by atoms with Crippen LogP contribution < -0.4 is 11.1 Å². The fourth-order valence-corrected chi connectivity index (χ4v) is 1.62. The number of pyridine rings is 1. The van der Waals surface area contributed by atoms with Crippen LogP contribution in [0.2, 0.25) is 0 Å². The Morgan fingerprint density at radius 3 is 2.82 bits per heavy atom. The van der Waals surface area contributed by atoms with Crippen molar-refractivity contribution < 1.29 is 4.79 Å². The van der Waals surface area contributed by atoms with Crippen molar-refractivity contribution in [2.75, 3.05) is 6.54 Å². The summed E-state index contributed by atoms with van der Waals surface area (Å²) < 4.78 is 0. The van der Waals surface area contributed by atoms with E-state index in [1.807, 2.05) is 32.0 Å². The maximum atomic E-state index is 11.9. The Labute approximate surface area is 103 Å². The number of nitrogens with two attached hydrogens (primary N) is 1. The van der Waals surface area contributed by atoms with Gasteiger partial charge in [0.15, 0.2) is 0 Å². The number of nitrogens with one attached hydrogen (secondary N) is 1. The Kier molecular flexibility index (Phi) is 5.63. The quantitative estimate of drug-likeness (QED) is 0.787. The van der Waals surface area contributed by atoms with Crippen molar-refractivity contribution in [3.05, 3.63) is 30.1 Å². The first kappa shape index (κ1) is 13.6. The molecule has 0 aliphatic rings. The molecule has 2 unspecified atom stereocenters. The maximum absolute atomic E-state index is 11.9. The van der Waals surface area contributed by atoms with Crippen molar-refractivity contribution in [2.24, 2.45) is 11.7 Å². The largest absolute Gasteiger partial charge is 0.348 e. The molecule has 17 heavy (non-hydrogen) atoms. The molecule has 0 saturated carbocycles. The average molecular weight is 235 g/mol. The van der Waals surface area contributed by atoms with E-state index in [1.54, 1.807) is 6.20 Å². The summed E-state index contributed by atoms with van der Waals surface area (Å²) in [6.45, 7) is 4.50. The van der Waals surface area contributed by atoms with Crippen LogP contribution in [-0.2, 0) is 4.79 Å². The van der Waals surface area contributed by atoms with Gasteiger partial charge in [0.1, 0.15) is 0 Å². The van der Waals surface area contributed by atoms with E-state index in [4.69, 9.17) is 5.73 Å². The second kappa shape index (κ2) is 7.01. The van der Waals surface area contributed by atoms with E-state index in [2.05, 4.69) is 10.3 Å². The van der Waals surface area contributed by atoms with Gasteiger partial charge in [0.25, 0.3) is 0 Å². The van der Waals surface area contributed by atoms with Gasteiger partial charge < -0.3 is 11.1 Å².